The fourth-order valence-corrected chi connectivity index (χ4v) is 2.73. The zero-order valence-corrected chi connectivity index (χ0v) is 15.3. The summed E-state index contributed by atoms with van der Waals surface area (Å²) in [5.41, 5.74) is 1.26. The molecule has 0 fully saturated rings. The van der Waals surface area contributed by atoms with Crippen LogP contribution in [0, 0.1) is 0 Å². The first-order valence-electron chi connectivity index (χ1n) is 6.99. The van der Waals surface area contributed by atoms with Crippen molar-refractivity contribution in [3.05, 3.63) is 64.9 Å². The van der Waals surface area contributed by atoms with Crippen LogP contribution in [0.4, 0.5) is 0 Å². The first-order chi connectivity index (χ1) is 10.7. The number of methoxy groups -OCH3 is 2. The Labute approximate surface area is 150 Å². The van der Waals surface area contributed by atoms with E-state index in [1.807, 2.05) is 12.1 Å². The number of pyridine rings is 1. The van der Waals surface area contributed by atoms with E-state index in [9.17, 15) is 0 Å². The van der Waals surface area contributed by atoms with Crippen LogP contribution < -0.4 is 26.4 Å². The van der Waals surface area contributed by atoms with E-state index in [1.54, 1.807) is 14.2 Å². The van der Waals surface area contributed by atoms with Crippen LogP contribution in [-0.2, 0) is 6.54 Å². The third-order valence-corrected chi connectivity index (χ3v) is 4.15. The molecule has 5 heteroatoms. The Kier molecular flexibility index (Phi) is 5.85. The van der Waals surface area contributed by atoms with Crippen LogP contribution in [0.3, 0.4) is 0 Å². The number of hydrogen-bond acceptors (Lipinski definition) is 2. The van der Waals surface area contributed by atoms with Gasteiger partial charge in [0, 0.05) is 21.5 Å². The number of ether oxygens (including phenoxy) is 2. The lowest BCUT2D eigenvalue weighted by Gasteiger charge is -2.08. The van der Waals surface area contributed by atoms with E-state index in [1.165, 1.54) is 5.56 Å². The predicted molar refractivity (Wildman–Crippen MR) is 90.5 cm³/mol. The van der Waals surface area contributed by atoms with Gasteiger partial charge in [0.05, 0.1) is 14.2 Å². The number of benzene rings is 2. The molecular formula is C18H17BrClNO2. The molecule has 120 valence electrons. The molecule has 2 aromatic carbocycles. The minimum atomic E-state index is 0. The monoisotopic (exact) mass is 393 g/mol. The average molecular weight is 395 g/mol. The van der Waals surface area contributed by atoms with Crippen molar-refractivity contribution in [2.75, 3.05) is 14.2 Å². The highest BCUT2D eigenvalue weighted by Gasteiger charge is 2.10. The zero-order valence-electron chi connectivity index (χ0n) is 12.9. The summed E-state index contributed by atoms with van der Waals surface area (Å²) >= 11 is 3.46. The van der Waals surface area contributed by atoms with Crippen LogP contribution in [0.15, 0.2) is 59.3 Å². The van der Waals surface area contributed by atoms with Crippen LogP contribution in [0.5, 0.6) is 11.5 Å². The van der Waals surface area contributed by atoms with Gasteiger partial charge in [0.15, 0.2) is 30.4 Å². The van der Waals surface area contributed by atoms with Crippen LogP contribution in [0.1, 0.15) is 5.56 Å². The summed E-state index contributed by atoms with van der Waals surface area (Å²) in [5, 5.41) is 2.25. The molecule has 1 heterocycles. The van der Waals surface area contributed by atoms with E-state index >= 15 is 0 Å². The summed E-state index contributed by atoms with van der Waals surface area (Å²) in [6, 6.07) is 14.5. The molecule has 0 unspecified atom stereocenters. The number of rotatable bonds is 4. The van der Waals surface area contributed by atoms with E-state index in [0.29, 0.717) is 0 Å². The maximum atomic E-state index is 5.38. The number of halogens is 2. The second-order valence-corrected chi connectivity index (χ2v) is 6.00. The van der Waals surface area contributed by atoms with Crippen molar-refractivity contribution in [2.45, 2.75) is 6.54 Å². The lowest BCUT2D eigenvalue weighted by Crippen LogP contribution is -3.00. The van der Waals surface area contributed by atoms with Gasteiger partial charge in [-0.15, -0.1) is 0 Å². The van der Waals surface area contributed by atoms with Gasteiger partial charge in [-0.25, -0.2) is 4.57 Å². The van der Waals surface area contributed by atoms with Gasteiger partial charge in [0.1, 0.15) is 0 Å². The molecule has 3 nitrogen and oxygen atoms in total. The Bertz CT molecular complexity index is 806. The summed E-state index contributed by atoms with van der Waals surface area (Å²) in [6.45, 7) is 0.831. The summed E-state index contributed by atoms with van der Waals surface area (Å²) in [6.07, 6.45) is 4.20. The lowest BCUT2D eigenvalue weighted by molar-refractivity contribution is -0.687. The third-order valence-electron chi connectivity index (χ3n) is 3.62. The maximum absolute atomic E-state index is 5.38. The Balaban J connectivity index is 0.00000192. The van der Waals surface area contributed by atoms with Crippen molar-refractivity contribution in [3.8, 4) is 11.5 Å². The topological polar surface area (TPSA) is 22.3 Å². The van der Waals surface area contributed by atoms with Gasteiger partial charge in [0.25, 0.3) is 0 Å². The Morgan fingerprint density at radius 1 is 0.913 bits per heavy atom. The molecule has 3 rings (SSSR count). The molecular weight excluding hydrogens is 378 g/mol. The average Bonchev–Trinajstić information content (AvgIpc) is 2.55. The Hall–Kier alpha value is -1.78. The molecule has 0 aliphatic rings. The maximum Gasteiger partial charge on any atom is 0.177 e. The zero-order chi connectivity index (χ0) is 15.5. The molecule has 3 aromatic rings. The Morgan fingerprint density at radius 3 is 2.13 bits per heavy atom. The van der Waals surface area contributed by atoms with Crippen molar-refractivity contribution >= 4 is 26.7 Å². The van der Waals surface area contributed by atoms with Crippen molar-refractivity contribution < 1.29 is 26.4 Å². The van der Waals surface area contributed by atoms with Gasteiger partial charge in [-0.05, 0) is 29.7 Å². The van der Waals surface area contributed by atoms with Gasteiger partial charge in [-0.3, -0.25) is 0 Å². The largest absolute Gasteiger partial charge is 1.00 e. The molecule has 0 radical (unpaired) electrons. The van der Waals surface area contributed by atoms with E-state index in [2.05, 4.69) is 63.2 Å². The smallest absolute Gasteiger partial charge is 0.177 e. The predicted octanol–water partition coefficient (Wildman–Crippen LogP) is 0.959. The summed E-state index contributed by atoms with van der Waals surface area (Å²) < 4.78 is 14.0. The van der Waals surface area contributed by atoms with Gasteiger partial charge in [0.2, 0.25) is 0 Å². The molecule has 23 heavy (non-hydrogen) atoms. The molecule has 0 atom stereocenters. The molecule has 0 spiro atoms. The highest BCUT2D eigenvalue weighted by atomic mass is 79.9. The van der Waals surface area contributed by atoms with Crippen molar-refractivity contribution in [1.82, 2.24) is 0 Å². The highest BCUT2D eigenvalue weighted by Crippen LogP contribution is 2.31. The van der Waals surface area contributed by atoms with Gasteiger partial charge in [-0.1, -0.05) is 28.1 Å². The second-order valence-electron chi connectivity index (χ2n) is 5.08. The molecule has 1 aromatic heterocycles. The fraction of sp³-hybridized carbons (Fsp3) is 0.167. The quantitative estimate of drug-likeness (QED) is 0.615. The van der Waals surface area contributed by atoms with E-state index in [-0.39, 0.29) is 12.4 Å². The third kappa shape index (κ3) is 3.95. The number of aromatic nitrogens is 1. The molecule has 0 aliphatic carbocycles. The minimum Gasteiger partial charge on any atom is -1.00 e. The van der Waals surface area contributed by atoms with Crippen LogP contribution in [0.2, 0.25) is 0 Å². The highest BCUT2D eigenvalue weighted by molar-refractivity contribution is 9.10. The van der Waals surface area contributed by atoms with E-state index in [4.69, 9.17) is 9.47 Å². The van der Waals surface area contributed by atoms with Gasteiger partial charge < -0.3 is 21.9 Å². The van der Waals surface area contributed by atoms with Crippen molar-refractivity contribution in [1.29, 1.82) is 0 Å². The molecule has 0 N–H and O–H groups in total. The van der Waals surface area contributed by atoms with Crippen LogP contribution in [0.25, 0.3) is 10.8 Å². The molecule has 0 saturated heterocycles. The minimum absolute atomic E-state index is 0. The standard InChI is InChI=1S/C18H17BrNO2.ClH/c1-21-17-9-14-7-8-20(12-15(14)10-18(17)22-2)11-13-3-5-16(19)6-4-13;/h3-10,12H,11H2,1-2H3;1H/q+1;/p-1. The number of fused-ring (bicyclic) bond motifs is 1. The number of hydrogen-bond donors (Lipinski definition) is 0. The van der Waals surface area contributed by atoms with Gasteiger partial charge >= 0.3 is 0 Å². The summed E-state index contributed by atoms with van der Waals surface area (Å²) in [5.74, 6) is 1.50. The first kappa shape index (κ1) is 17.6. The van der Waals surface area contributed by atoms with Crippen LogP contribution in [-0.4, -0.2) is 14.2 Å². The summed E-state index contributed by atoms with van der Waals surface area (Å²) in [7, 11) is 3.31. The van der Waals surface area contributed by atoms with E-state index in [0.717, 1.165) is 33.3 Å². The molecule has 0 amide bonds. The Morgan fingerprint density at radius 2 is 1.52 bits per heavy atom. The summed E-state index contributed by atoms with van der Waals surface area (Å²) in [4.78, 5) is 0. The van der Waals surface area contributed by atoms with E-state index < -0.39 is 0 Å². The molecule has 0 saturated carbocycles. The lowest BCUT2D eigenvalue weighted by atomic mass is 10.1. The SMILES string of the molecule is COc1cc2cc[n+](Cc3ccc(Br)cc3)cc2cc1OC.[Cl-]. The first-order valence-corrected chi connectivity index (χ1v) is 7.78. The van der Waals surface area contributed by atoms with Crippen molar-refractivity contribution in [3.63, 3.8) is 0 Å². The normalized spacial score (nSPS) is 10.2. The van der Waals surface area contributed by atoms with Gasteiger partial charge in [-0.2, -0.15) is 0 Å². The van der Waals surface area contributed by atoms with Crippen molar-refractivity contribution in [2.24, 2.45) is 0 Å². The van der Waals surface area contributed by atoms with Crippen LogP contribution >= 0.6 is 15.9 Å². The fourth-order valence-electron chi connectivity index (χ4n) is 2.46. The molecule has 0 aliphatic heterocycles. The second kappa shape index (κ2) is 7.66. The molecule has 0 bridgehead atoms. The number of nitrogens with zero attached hydrogens (tertiary/aromatic N) is 1.